The molecule has 1 aromatic heterocycles. The van der Waals surface area contributed by atoms with Gasteiger partial charge in [0.05, 0.1) is 6.61 Å². The molecule has 0 unspecified atom stereocenters. The number of nitrogens with one attached hydrogen (secondary N) is 1. The molecule has 5 heteroatoms. The van der Waals surface area contributed by atoms with E-state index in [1.165, 1.54) is 6.39 Å². The van der Waals surface area contributed by atoms with Gasteiger partial charge in [-0.05, 0) is 49.4 Å². The summed E-state index contributed by atoms with van der Waals surface area (Å²) in [5.41, 5.74) is 2.55. The first-order chi connectivity index (χ1) is 10.3. The van der Waals surface area contributed by atoms with E-state index in [4.69, 9.17) is 9.15 Å². The summed E-state index contributed by atoms with van der Waals surface area (Å²) >= 11 is 0. The van der Waals surface area contributed by atoms with Crippen molar-refractivity contribution in [2.75, 3.05) is 11.9 Å². The zero-order valence-corrected chi connectivity index (χ0v) is 11.5. The Morgan fingerprint density at radius 1 is 1.24 bits per heavy atom. The third-order valence-electron chi connectivity index (χ3n) is 3.02. The Kier molecular flexibility index (Phi) is 3.55. The van der Waals surface area contributed by atoms with Crippen LogP contribution in [-0.4, -0.2) is 17.5 Å². The Balaban J connectivity index is 1.75. The fourth-order valence-electron chi connectivity index (χ4n) is 2.00. The molecule has 0 aliphatic heterocycles. The number of nitrogens with zero attached hydrogens (tertiary/aromatic N) is 1. The highest BCUT2D eigenvalue weighted by Gasteiger charge is 2.08. The summed E-state index contributed by atoms with van der Waals surface area (Å²) in [7, 11) is 0. The van der Waals surface area contributed by atoms with Crippen molar-refractivity contribution in [2.24, 2.45) is 0 Å². The van der Waals surface area contributed by atoms with Gasteiger partial charge in [0.25, 0.3) is 5.91 Å². The third-order valence-corrected chi connectivity index (χ3v) is 3.02. The molecular formula is C16H14N2O3. The molecule has 1 N–H and O–H groups in total. The zero-order chi connectivity index (χ0) is 14.7. The smallest absolute Gasteiger partial charge is 0.255 e. The maximum Gasteiger partial charge on any atom is 0.255 e. The minimum atomic E-state index is -0.197. The summed E-state index contributed by atoms with van der Waals surface area (Å²) in [6, 6.07) is 12.4. The number of carbonyl (C=O) groups is 1. The van der Waals surface area contributed by atoms with Gasteiger partial charge in [-0.25, -0.2) is 4.98 Å². The summed E-state index contributed by atoms with van der Waals surface area (Å²) in [5, 5.41) is 2.83. The number of rotatable bonds is 4. The topological polar surface area (TPSA) is 64.4 Å². The highest BCUT2D eigenvalue weighted by atomic mass is 16.5. The van der Waals surface area contributed by atoms with Crippen LogP contribution in [-0.2, 0) is 0 Å². The van der Waals surface area contributed by atoms with E-state index >= 15 is 0 Å². The fraction of sp³-hybridized carbons (Fsp3) is 0.125. The number of hydrogen-bond acceptors (Lipinski definition) is 4. The second kappa shape index (κ2) is 5.66. The Morgan fingerprint density at radius 2 is 2.05 bits per heavy atom. The van der Waals surface area contributed by atoms with Crippen LogP contribution in [0.5, 0.6) is 5.75 Å². The van der Waals surface area contributed by atoms with E-state index in [1.54, 1.807) is 30.3 Å². The van der Waals surface area contributed by atoms with E-state index in [9.17, 15) is 4.79 Å². The standard InChI is InChI=1S/C16H14N2O3/c1-2-20-13-6-4-12(5-7-13)18-16(19)11-3-8-14-15(9-11)21-10-17-14/h3-10H,2H2,1H3,(H,18,19). The van der Waals surface area contributed by atoms with Crippen molar-refractivity contribution in [1.82, 2.24) is 4.98 Å². The maximum atomic E-state index is 12.2. The van der Waals surface area contributed by atoms with Gasteiger partial charge in [0.2, 0.25) is 0 Å². The van der Waals surface area contributed by atoms with Gasteiger partial charge in [0.1, 0.15) is 11.3 Å². The average Bonchev–Trinajstić information content (AvgIpc) is 2.97. The monoisotopic (exact) mass is 282 g/mol. The predicted molar refractivity (Wildman–Crippen MR) is 79.6 cm³/mol. The zero-order valence-electron chi connectivity index (χ0n) is 11.5. The Hall–Kier alpha value is -2.82. The van der Waals surface area contributed by atoms with Crippen molar-refractivity contribution in [2.45, 2.75) is 6.92 Å². The third kappa shape index (κ3) is 2.86. The van der Waals surface area contributed by atoms with Gasteiger partial charge in [0.15, 0.2) is 12.0 Å². The van der Waals surface area contributed by atoms with Crippen molar-refractivity contribution < 1.29 is 13.9 Å². The molecule has 0 saturated carbocycles. The minimum absolute atomic E-state index is 0.197. The van der Waals surface area contributed by atoms with Crippen LogP contribution in [0.15, 0.2) is 53.3 Å². The van der Waals surface area contributed by atoms with Gasteiger partial charge in [-0.3, -0.25) is 4.79 Å². The Morgan fingerprint density at radius 3 is 2.81 bits per heavy atom. The van der Waals surface area contributed by atoms with Crippen LogP contribution < -0.4 is 10.1 Å². The molecule has 2 aromatic carbocycles. The number of carbonyl (C=O) groups excluding carboxylic acids is 1. The van der Waals surface area contributed by atoms with Crippen LogP contribution in [0.1, 0.15) is 17.3 Å². The van der Waals surface area contributed by atoms with Crippen LogP contribution in [0.2, 0.25) is 0 Å². The molecule has 1 heterocycles. The lowest BCUT2D eigenvalue weighted by molar-refractivity contribution is 0.102. The molecule has 0 aliphatic carbocycles. The summed E-state index contributed by atoms with van der Waals surface area (Å²) in [5.74, 6) is 0.580. The summed E-state index contributed by atoms with van der Waals surface area (Å²) in [4.78, 5) is 16.2. The van der Waals surface area contributed by atoms with Crippen molar-refractivity contribution in [1.29, 1.82) is 0 Å². The van der Waals surface area contributed by atoms with E-state index in [0.717, 1.165) is 11.3 Å². The molecule has 0 aliphatic rings. The van der Waals surface area contributed by atoms with Crippen LogP contribution in [0.25, 0.3) is 11.1 Å². The molecule has 0 radical (unpaired) electrons. The SMILES string of the molecule is CCOc1ccc(NC(=O)c2ccc3ncoc3c2)cc1. The van der Waals surface area contributed by atoms with Crippen LogP contribution in [0.4, 0.5) is 5.69 Å². The number of oxazole rings is 1. The summed E-state index contributed by atoms with van der Waals surface area (Å²) in [6.07, 6.45) is 1.36. The molecule has 0 atom stereocenters. The molecule has 5 nitrogen and oxygen atoms in total. The lowest BCUT2D eigenvalue weighted by Crippen LogP contribution is -2.11. The second-order valence-corrected chi connectivity index (χ2v) is 4.45. The first-order valence-corrected chi connectivity index (χ1v) is 6.64. The van der Waals surface area contributed by atoms with Gasteiger partial charge in [-0.2, -0.15) is 0 Å². The Bertz CT molecular complexity index is 763. The van der Waals surface area contributed by atoms with E-state index in [0.29, 0.717) is 23.4 Å². The maximum absolute atomic E-state index is 12.2. The second-order valence-electron chi connectivity index (χ2n) is 4.45. The average molecular weight is 282 g/mol. The van der Waals surface area contributed by atoms with Gasteiger partial charge in [-0.15, -0.1) is 0 Å². The first kappa shape index (κ1) is 13.2. The molecule has 106 valence electrons. The molecule has 0 saturated heterocycles. The minimum Gasteiger partial charge on any atom is -0.494 e. The number of hydrogen-bond donors (Lipinski definition) is 1. The number of ether oxygens (including phenoxy) is 1. The molecule has 3 aromatic rings. The van der Waals surface area contributed by atoms with Gasteiger partial charge >= 0.3 is 0 Å². The van der Waals surface area contributed by atoms with E-state index in [1.807, 2.05) is 19.1 Å². The molecular weight excluding hydrogens is 268 g/mol. The highest BCUT2D eigenvalue weighted by Crippen LogP contribution is 2.18. The van der Waals surface area contributed by atoms with Crippen molar-refractivity contribution in [3.63, 3.8) is 0 Å². The number of benzene rings is 2. The fourth-order valence-corrected chi connectivity index (χ4v) is 2.00. The van der Waals surface area contributed by atoms with E-state index in [-0.39, 0.29) is 5.91 Å². The van der Waals surface area contributed by atoms with E-state index < -0.39 is 0 Å². The molecule has 1 amide bonds. The van der Waals surface area contributed by atoms with Crippen molar-refractivity contribution in [3.05, 3.63) is 54.4 Å². The van der Waals surface area contributed by atoms with Crippen molar-refractivity contribution >= 4 is 22.7 Å². The summed E-state index contributed by atoms with van der Waals surface area (Å²) in [6.45, 7) is 2.54. The number of aromatic nitrogens is 1. The number of amides is 1. The van der Waals surface area contributed by atoms with Gasteiger partial charge in [-0.1, -0.05) is 0 Å². The number of anilines is 1. The lowest BCUT2D eigenvalue weighted by atomic mass is 10.2. The molecule has 21 heavy (non-hydrogen) atoms. The van der Waals surface area contributed by atoms with E-state index in [2.05, 4.69) is 10.3 Å². The van der Waals surface area contributed by atoms with Gasteiger partial charge < -0.3 is 14.5 Å². The quantitative estimate of drug-likeness (QED) is 0.795. The molecule has 0 fully saturated rings. The normalized spacial score (nSPS) is 10.5. The predicted octanol–water partition coefficient (Wildman–Crippen LogP) is 3.48. The molecule has 0 spiro atoms. The van der Waals surface area contributed by atoms with Gasteiger partial charge in [0, 0.05) is 11.3 Å². The molecule has 0 bridgehead atoms. The van der Waals surface area contributed by atoms with Crippen LogP contribution >= 0.6 is 0 Å². The van der Waals surface area contributed by atoms with Crippen LogP contribution in [0, 0.1) is 0 Å². The first-order valence-electron chi connectivity index (χ1n) is 6.64. The molecule has 3 rings (SSSR count). The lowest BCUT2D eigenvalue weighted by Gasteiger charge is -2.07. The van der Waals surface area contributed by atoms with Crippen LogP contribution in [0.3, 0.4) is 0 Å². The largest absolute Gasteiger partial charge is 0.494 e. The number of fused-ring (bicyclic) bond motifs is 1. The Labute approximate surface area is 121 Å². The summed E-state index contributed by atoms with van der Waals surface area (Å²) < 4.78 is 10.6. The van der Waals surface area contributed by atoms with Crippen molar-refractivity contribution in [3.8, 4) is 5.75 Å². The highest BCUT2D eigenvalue weighted by molar-refractivity contribution is 6.05.